The van der Waals surface area contributed by atoms with Crippen molar-refractivity contribution in [3.8, 4) is 22.3 Å². The van der Waals surface area contributed by atoms with Crippen LogP contribution in [-0.2, 0) is 0 Å². The number of thiophene rings is 2. The van der Waals surface area contributed by atoms with Gasteiger partial charge in [-0.05, 0) is 73.3 Å². The highest BCUT2D eigenvalue weighted by Crippen LogP contribution is 2.48. The van der Waals surface area contributed by atoms with E-state index in [0.29, 0.717) is 0 Å². The molecular formula is C42H24S2. The quantitative estimate of drug-likeness (QED) is 0.175. The molecule has 0 radical (unpaired) electrons. The van der Waals surface area contributed by atoms with Gasteiger partial charge in [-0.25, -0.2) is 0 Å². The molecule has 204 valence electrons. The van der Waals surface area contributed by atoms with Crippen LogP contribution in [0.15, 0.2) is 146 Å². The molecule has 0 amide bonds. The first-order valence-electron chi connectivity index (χ1n) is 15.0. The van der Waals surface area contributed by atoms with Crippen molar-refractivity contribution in [3.63, 3.8) is 0 Å². The predicted molar refractivity (Wildman–Crippen MR) is 196 cm³/mol. The highest BCUT2D eigenvalue weighted by Gasteiger charge is 2.20. The molecule has 0 N–H and O–H groups in total. The van der Waals surface area contributed by atoms with Crippen LogP contribution in [0.5, 0.6) is 0 Å². The Balaban J connectivity index is 1.28. The highest BCUT2D eigenvalue weighted by molar-refractivity contribution is 7.26. The van der Waals surface area contributed by atoms with Crippen molar-refractivity contribution in [2.45, 2.75) is 0 Å². The van der Waals surface area contributed by atoms with Crippen molar-refractivity contribution < 1.29 is 0 Å². The van der Waals surface area contributed by atoms with Gasteiger partial charge in [-0.15, -0.1) is 22.7 Å². The summed E-state index contributed by atoms with van der Waals surface area (Å²) < 4.78 is 5.37. The third-order valence-electron chi connectivity index (χ3n) is 9.23. The van der Waals surface area contributed by atoms with Crippen LogP contribution in [0.25, 0.3) is 94.9 Å². The molecule has 0 saturated heterocycles. The molecule has 0 spiro atoms. The average molecular weight is 593 g/mol. The van der Waals surface area contributed by atoms with Crippen LogP contribution in [0, 0.1) is 0 Å². The van der Waals surface area contributed by atoms with E-state index in [-0.39, 0.29) is 0 Å². The largest absolute Gasteiger partial charge is 0.135 e. The van der Waals surface area contributed by atoms with Crippen LogP contribution in [0.4, 0.5) is 0 Å². The van der Waals surface area contributed by atoms with Gasteiger partial charge in [0.2, 0.25) is 0 Å². The van der Waals surface area contributed by atoms with Crippen molar-refractivity contribution >= 4 is 95.3 Å². The molecule has 8 aromatic carbocycles. The summed E-state index contributed by atoms with van der Waals surface area (Å²) in [5.41, 5.74) is 5.22. The summed E-state index contributed by atoms with van der Waals surface area (Å²) in [5, 5.41) is 13.1. The van der Waals surface area contributed by atoms with Crippen LogP contribution in [0.3, 0.4) is 0 Å². The first kappa shape index (κ1) is 24.4. The topological polar surface area (TPSA) is 0 Å². The molecule has 10 aromatic rings. The number of hydrogen-bond donors (Lipinski definition) is 0. The van der Waals surface area contributed by atoms with E-state index in [1.807, 2.05) is 22.7 Å². The van der Waals surface area contributed by atoms with E-state index in [2.05, 4.69) is 146 Å². The Labute approximate surface area is 262 Å². The minimum Gasteiger partial charge on any atom is -0.135 e. The Morgan fingerprint density at radius 2 is 0.886 bits per heavy atom. The van der Waals surface area contributed by atoms with Gasteiger partial charge in [0, 0.05) is 45.9 Å². The summed E-state index contributed by atoms with van der Waals surface area (Å²) in [6.07, 6.45) is 0. The van der Waals surface area contributed by atoms with E-state index < -0.39 is 0 Å². The molecule has 0 nitrogen and oxygen atoms in total. The maximum atomic E-state index is 2.42. The lowest BCUT2D eigenvalue weighted by atomic mass is 9.85. The van der Waals surface area contributed by atoms with Gasteiger partial charge >= 0.3 is 0 Å². The zero-order chi connectivity index (χ0) is 28.8. The Bertz CT molecular complexity index is 2720. The summed E-state index contributed by atoms with van der Waals surface area (Å²) >= 11 is 3.81. The third kappa shape index (κ3) is 3.44. The maximum Gasteiger partial charge on any atom is 0.0434 e. The van der Waals surface area contributed by atoms with Gasteiger partial charge in [0.1, 0.15) is 0 Å². The molecular weight excluding hydrogens is 569 g/mol. The normalized spacial score (nSPS) is 12.1. The Hall–Kier alpha value is -5.02. The SMILES string of the molecule is c1ccc2cc3c(cc2c1)sc1cc(-c2c4ccccc4c(-c4cccc5c4sc4ccccc45)c4ccccc24)ccc13. The molecule has 0 aliphatic heterocycles. The van der Waals surface area contributed by atoms with Crippen molar-refractivity contribution in [2.75, 3.05) is 0 Å². The molecule has 0 bridgehead atoms. The molecule has 0 atom stereocenters. The number of fused-ring (bicyclic) bond motifs is 9. The van der Waals surface area contributed by atoms with Gasteiger partial charge in [-0.3, -0.25) is 0 Å². The standard InChI is InChI=1S/C42H24S2/c1-2-11-26-23-39-36(22-25(26)10-1)29-21-20-27(24-38(29)43-39)40-30-13-3-5-15-32(30)41(33-16-6-4-14-31(33)40)35-18-9-17-34-28-12-7-8-19-37(28)44-42(34)35/h1-24H. The summed E-state index contributed by atoms with van der Waals surface area (Å²) in [6, 6.07) is 54.1. The van der Waals surface area contributed by atoms with Crippen molar-refractivity contribution in [1.29, 1.82) is 0 Å². The summed E-state index contributed by atoms with van der Waals surface area (Å²) in [6.45, 7) is 0. The summed E-state index contributed by atoms with van der Waals surface area (Å²) in [5.74, 6) is 0. The predicted octanol–water partition coefficient (Wildman–Crippen LogP) is 13.2. The monoisotopic (exact) mass is 592 g/mol. The smallest absolute Gasteiger partial charge is 0.0434 e. The van der Waals surface area contributed by atoms with E-state index >= 15 is 0 Å². The molecule has 0 unspecified atom stereocenters. The summed E-state index contributed by atoms with van der Waals surface area (Å²) in [4.78, 5) is 0. The van der Waals surface area contributed by atoms with Gasteiger partial charge in [-0.2, -0.15) is 0 Å². The summed E-state index contributed by atoms with van der Waals surface area (Å²) in [7, 11) is 0. The minimum atomic E-state index is 1.27. The Kier molecular flexibility index (Phi) is 5.13. The highest BCUT2D eigenvalue weighted by atomic mass is 32.1. The Morgan fingerprint density at radius 1 is 0.318 bits per heavy atom. The number of rotatable bonds is 2. The number of benzene rings is 8. The van der Waals surface area contributed by atoms with Gasteiger partial charge in [-0.1, -0.05) is 121 Å². The fraction of sp³-hybridized carbons (Fsp3) is 0. The lowest BCUT2D eigenvalue weighted by Crippen LogP contribution is -1.90. The maximum absolute atomic E-state index is 2.42. The molecule has 2 heterocycles. The molecule has 2 aromatic heterocycles. The minimum absolute atomic E-state index is 1.27. The third-order valence-corrected chi connectivity index (χ3v) is 11.6. The second-order valence-corrected chi connectivity index (χ2v) is 13.8. The first-order valence-corrected chi connectivity index (χ1v) is 16.6. The fourth-order valence-corrected chi connectivity index (χ4v) is 9.69. The van der Waals surface area contributed by atoms with Crippen LogP contribution in [0.2, 0.25) is 0 Å². The molecule has 2 heteroatoms. The van der Waals surface area contributed by atoms with E-state index in [9.17, 15) is 0 Å². The molecule has 0 aliphatic rings. The van der Waals surface area contributed by atoms with Crippen molar-refractivity contribution in [2.24, 2.45) is 0 Å². The molecule has 44 heavy (non-hydrogen) atoms. The van der Waals surface area contributed by atoms with E-state index in [0.717, 1.165) is 0 Å². The first-order chi connectivity index (χ1) is 21.8. The fourth-order valence-electron chi connectivity index (χ4n) is 7.29. The molecule has 0 aliphatic carbocycles. The second kappa shape index (κ2) is 9.24. The molecule has 0 fully saturated rings. The zero-order valence-electron chi connectivity index (χ0n) is 23.7. The van der Waals surface area contributed by atoms with E-state index in [1.54, 1.807) is 0 Å². The average Bonchev–Trinajstić information content (AvgIpc) is 3.63. The number of hydrogen-bond acceptors (Lipinski definition) is 2. The van der Waals surface area contributed by atoms with E-state index in [4.69, 9.17) is 0 Å². The Morgan fingerprint density at radius 3 is 1.64 bits per heavy atom. The van der Waals surface area contributed by atoms with Gasteiger partial charge in [0.05, 0.1) is 0 Å². The van der Waals surface area contributed by atoms with Crippen LogP contribution in [0.1, 0.15) is 0 Å². The van der Waals surface area contributed by atoms with Gasteiger partial charge in [0.15, 0.2) is 0 Å². The van der Waals surface area contributed by atoms with Gasteiger partial charge < -0.3 is 0 Å². The van der Waals surface area contributed by atoms with E-state index in [1.165, 1.54) is 94.9 Å². The van der Waals surface area contributed by atoms with Crippen LogP contribution < -0.4 is 0 Å². The van der Waals surface area contributed by atoms with Crippen molar-refractivity contribution in [1.82, 2.24) is 0 Å². The molecule has 0 saturated carbocycles. The second-order valence-electron chi connectivity index (χ2n) is 11.6. The van der Waals surface area contributed by atoms with Crippen LogP contribution in [-0.4, -0.2) is 0 Å². The van der Waals surface area contributed by atoms with Crippen LogP contribution >= 0.6 is 22.7 Å². The van der Waals surface area contributed by atoms with Crippen molar-refractivity contribution in [3.05, 3.63) is 146 Å². The zero-order valence-corrected chi connectivity index (χ0v) is 25.3. The molecule has 10 rings (SSSR count). The lowest BCUT2D eigenvalue weighted by molar-refractivity contribution is 1.71. The lowest BCUT2D eigenvalue weighted by Gasteiger charge is -2.18. The van der Waals surface area contributed by atoms with Gasteiger partial charge in [0.25, 0.3) is 0 Å².